The van der Waals surface area contributed by atoms with Crippen LogP contribution in [0, 0.1) is 5.82 Å². The molecular formula is C20H24FN3O. The summed E-state index contributed by atoms with van der Waals surface area (Å²) in [5.41, 5.74) is 1.73. The Morgan fingerprint density at radius 1 is 1.12 bits per heavy atom. The maximum atomic E-state index is 14.1. The number of benzene rings is 2. The summed E-state index contributed by atoms with van der Waals surface area (Å²) in [6.07, 6.45) is 1.98. The van der Waals surface area contributed by atoms with Gasteiger partial charge in [-0.2, -0.15) is 0 Å². The van der Waals surface area contributed by atoms with Crippen molar-refractivity contribution in [3.8, 4) is 5.75 Å². The molecule has 0 radical (unpaired) electrons. The second-order valence-electron chi connectivity index (χ2n) is 6.35. The van der Waals surface area contributed by atoms with Crippen LogP contribution < -0.4 is 15.4 Å². The van der Waals surface area contributed by atoms with Gasteiger partial charge in [0, 0.05) is 31.1 Å². The predicted molar refractivity (Wildman–Crippen MR) is 98.5 cm³/mol. The SMILES string of the molecule is CN=C(NCc1ccccc1OC)NCC1(c2ccccc2F)CC1. The molecule has 0 spiro atoms. The predicted octanol–water partition coefficient (Wildman–Crippen LogP) is 3.23. The first kappa shape index (κ1) is 17.3. The minimum absolute atomic E-state index is 0.118. The van der Waals surface area contributed by atoms with Crippen LogP contribution in [0.15, 0.2) is 53.5 Å². The number of hydrogen-bond donors (Lipinski definition) is 2. The van der Waals surface area contributed by atoms with Crippen molar-refractivity contribution in [3.05, 3.63) is 65.5 Å². The fourth-order valence-electron chi connectivity index (χ4n) is 3.09. The van der Waals surface area contributed by atoms with E-state index in [1.54, 1.807) is 20.2 Å². The van der Waals surface area contributed by atoms with Gasteiger partial charge in [0.15, 0.2) is 5.96 Å². The highest BCUT2D eigenvalue weighted by molar-refractivity contribution is 5.79. The van der Waals surface area contributed by atoms with Crippen molar-refractivity contribution in [2.24, 2.45) is 4.99 Å². The van der Waals surface area contributed by atoms with Gasteiger partial charge in [0.2, 0.25) is 0 Å². The van der Waals surface area contributed by atoms with E-state index in [0.717, 1.165) is 29.7 Å². The van der Waals surface area contributed by atoms with Crippen LogP contribution in [0.5, 0.6) is 5.75 Å². The van der Waals surface area contributed by atoms with E-state index in [9.17, 15) is 4.39 Å². The fourth-order valence-corrected chi connectivity index (χ4v) is 3.09. The summed E-state index contributed by atoms with van der Waals surface area (Å²) in [5, 5.41) is 6.63. The molecule has 0 heterocycles. The number of hydrogen-bond acceptors (Lipinski definition) is 2. The quantitative estimate of drug-likeness (QED) is 0.626. The van der Waals surface area contributed by atoms with Crippen molar-refractivity contribution in [1.29, 1.82) is 0 Å². The lowest BCUT2D eigenvalue weighted by Gasteiger charge is -2.20. The molecule has 0 amide bonds. The van der Waals surface area contributed by atoms with E-state index in [0.29, 0.717) is 19.0 Å². The number of rotatable bonds is 6. The zero-order chi connectivity index (χ0) is 17.7. The van der Waals surface area contributed by atoms with Gasteiger partial charge in [0.1, 0.15) is 11.6 Å². The number of methoxy groups -OCH3 is 1. The molecule has 0 aromatic heterocycles. The minimum atomic E-state index is -0.126. The third-order valence-electron chi connectivity index (χ3n) is 4.76. The molecule has 0 atom stereocenters. The molecule has 0 bridgehead atoms. The monoisotopic (exact) mass is 341 g/mol. The van der Waals surface area contributed by atoms with Gasteiger partial charge >= 0.3 is 0 Å². The Labute approximate surface area is 148 Å². The van der Waals surface area contributed by atoms with Crippen molar-refractivity contribution in [3.63, 3.8) is 0 Å². The van der Waals surface area contributed by atoms with Crippen LogP contribution in [-0.2, 0) is 12.0 Å². The molecular weight excluding hydrogens is 317 g/mol. The Morgan fingerprint density at radius 2 is 1.84 bits per heavy atom. The Bertz CT molecular complexity index is 756. The smallest absolute Gasteiger partial charge is 0.191 e. The lowest BCUT2D eigenvalue weighted by Crippen LogP contribution is -2.41. The fraction of sp³-hybridized carbons (Fsp3) is 0.350. The number of nitrogens with one attached hydrogen (secondary N) is 2. The second kappa shape index (κ2) is 7.55. The van der Waals surface area contributed by atoms with E-state index < -0.39 is 0 Å². The topological polar surface area (TPSA) is 45.7 Å². The summed E-state index contributed by atoms with van der Waals surface area (Å²) in [6.45, 7) is 1.27. The van der Waals surface area contributed by atoms with Crippen molar-refractivity contribution in [2.75, 3.05) is 20.7 Å². The molecule has 4 nitrogen and oxygen atoms in total. The van der Waals surface area contributed by atoms with Gasteiger partial charge in [-0.15, -0.1) is 0 Å². The summed E-state index contributed by atoms with van der Waals surface area (Å²) in [4.78, 5) is 4.27. The lowest BCUT2D eigenvalue weighted by molar-refractivity contribution is 0.409. The zero-order valence-corrected chi connectivity index (χ0v) is 14.7. The van der Waals surface area contributed by atoms with Gasteiger partial charge in [-0.25, -0.2) is 4.39 Å². The molecule has 0 aliphatic heterocycles. The first-order valence-corrected chi connectivity index (χ1v) is 8.50. The number of nitrogens with zero attached hydrogens (tertiary/aromatic N) is 1. The first-order valence-electron chi connectivity index (χ1n) is 8.50. The van der Waals surface area contributed by atoms with Gasteiger partial charge in [0.25, 0.3) is 0 Å². The van der Waals surface area contributed by atoms with Gasteiger partial charge in [-0.3, -0.25) is 4.99 Å². The minimum Gasteiger partial charge on any atom is -0.496 e. The number of aliphatic imine (C=N–C) groups is 1. The lowest BCUT2D eigenvalue weighted by atomic mass is 9.95. The molecule has 1 aliphatic rings. The van der Waals surface area contributed by atoms with Crippen molar-refractivity contribution >= 4 is 5.96 Å². The highest BCUT2D eigenvalue weighted by Gasteiger charge is 2.45. The normalized spacial score (nSPS) is 15.6. The average molecular weight is 341 g/mol. The third-order valence-corrected chi connectivity index (χ3v) is 4.76. The van der Waals surface area contributed by atoms with E-state index in [4.69, 9.17) is 4.74 Å². The Kier molecular flexibility index (Phi) is 5.22. The molecule has 3 rings (SSSR count). The number of para-hydroxylation sites is 1. The zero-order valence-electron chi connectivity index (χ0n) is 14.7. The molecule has 0 saturated heterocycles. The van der Waals surface area contributed by atoms with Crippen LogP contribution in [0.25, 0.3) is 0 Å². The molecule has 2 aromatic rings. The van der Waals surface area contributed by atoms with Gasteiger partial charge < -0.3 is 15.4 Å². The second-order valence-corrected chi connectivity index (χ2v) is 6.35. The summed E-state index contributed by atoms with van der Waals surface area (Å²) in [5.74, 6) is 1.42. The number of ether oxygens (including phenoxy) is 1. The standard InChI is InChI=1S/C20H24FN3O/c1-22-19(23-13-15-7-3-6-10-18(15)25-2)24-14-20(11-12-20)16-8-4-5-9-17(16)21/h3-10H,11-14H2,1-2H3,(H2,22,23,24). The van der Waals surface area contributed by atoms with Crippen molar-refractivity contribution in [1.82, 2.24) is 10.6 Å². The molecule has 0 unspecified atom stereocenters. The van der Waals surface area contributed by atoms with Gasteiger partial charge in [-0.1, -0.05) is 36.4 Å². The Balaban J connectivity index is 1.59. The van der Waals surface area contributed by atoms with E-state index >= 15 is 0 Å². The van der Waals surface area contributed by atoms with Gasteiger partial charge in [0.05, 0.1) is 7.11 Å². The highest BCUT2D eigenvalue weighted by Crippen LogP contribution is 2.48. The molecule has 2 aromatic carbocycles. The van der Waals surface area contributed by atoms with E-state index in [1.807, 2.05) is 36.4 Å². The number of guanidine groups is 1. The molecule has 2 N–H and O–H groups in total. The van der Waals surface area contributed by atoms with Crippen LogP contribution in [0.3, 0.4) is 0 Å². The molecule has 132 valence electrons. The van der Waals surface area contributed by atoms with Crippen LogP contribution in [0.1, 0.15) is 24.0 Å². The number of halogens is 1. The van der Waals surface area contributed by atoms with Crippen molar-refractivity contribution < 1.29 is 9.13 Å². The van der Waals surface area contributed by atoms with Crippen LogP contribution in [0.4, 0.5) is 4.39 Å². The van der Waals surface area contributed by atoms with Gasteiger partial charge in [-0.05, 0) is 30.5 Å². The van der Waals surface area contributed by atoms with Crippen LogP contribution in [-0.4, -0.2) is 26.7 Å². The largest absolute Gasteiger partial charge is 0.496 e. The highest BCUT2D eigenvalue weighted by atomic mass is 19.1. The average Bonchev–Trinajstić information content (AvgIpc) is 3.43. The van der Waals surface area contributed by atoms with Crippen LogP contribution in [0.2, 0.25) is 0 Å². The maximum absolute atomic E-state index is 14.1. The van der Waals surface area contributed by atoms with Crippen LogP contribution >= 0.6 is 0 Å². The van der Waals surface area contributed by atoms with E-state index in [1.165, 1.54) is 6.07 Å². The molecule has 5 heteroatoms. The molecule has 1 saturated carbocycles. The first-order chi connectivity index (χ1) is 12.2. The molecule has 1 aliphatic carbocycles. The van der Waals surface area contributed by atoms with E-state index in [2.05, 4.69) is 15.6 Å². The van der Waals surface area contributed by atoms with Crippen molar-refractivity contribution in [2.45, 2.75) is 24.8 Å². The summed E-state index contributed by atoms with van der Waals surface area (Å²) >= 11 is 0. The summed E-state index contributed by atoms with van der Waals surface area (Å²) in [7, 11) is 3.40. The van der Waals surface area contributed by atoms with E-state index in [-0.39, 0.29) is 11.2 Å². The Morgan fingerprint density at radius 3 is 2.52 bits per heavy atom. The molecule has 25 heavy (non-hydrogen) atoms. The summed E-state index contributed by atoms with van der Waals surface area (Å²) in [6, 6.07) is 14.9. The maximum Gasteiger partial charge on any atom is 0.191 e. The third kappa shape index (κ3) is 3.92. The summed E-state index contributed by atoms with van der Waals surface area (Å²) < 4.78 is 19.5. The molecule has 1 fully saturated rings. The Hall–Kier alpha value is -2.56.